The van der Waals surface area contributed by atoms with E-state index in [1.54, 1.807) is 7.11 Å². The molecule has 1 aliphatic heterocycles. The Bertz CT molecular complexity index is 1040. The Morgan fingerprint density at radius 3 is 2.74 bits per heavy atom. The maximum atomic E-state index is 13.4. The first kappa shape index (κ1) is 23.3. The number of rotatable bonds is 6. The molecule has 0 atom stereocenters. The van der Waals surface area contributed by atoms with Crippen molar-refractivity contribution in [1.82, 2.24) is 14.5 Å². The summed E-state index contributed by atoms with van der Waals surface area (Å²) in [5, 5.41) is 1.02. The maximum absolute atomic E-state index is 13.4. The van der Waals surface area contributed by atoms with E-state index in [0.29, 0.717) is 19.1 Å². The number of para-hydroxylation sites is 1. The molecule has 7 heteroatoms. The first-order valence-corrected chi connectivity index (χ1v) is 10.6. The minimum Gasteiger partial charge on any atom is -0.383 e. The summed E-state index contributed by atoms with van der Waals surface area (Å²) in [5.74, 6) is 0.495. The van der Waals surface area contributed by atoms with Crippen LogP contribution in [0.15, 0.2) is 42.7 Å². The molecule has 2 aromatic heterocycles. The van der Waals surface area contributed by atoms with Crippen LogP contribution in [0.25, 0.3) is 10.9 Å². The zero-order chi connectivity index (χ0) is 21.1. The van der Waals surface area contributed by atoms with Gasteiger partial charge < -0.3 is 19.9 Å². The summed E-state index contributed by atoms with van der Waals surface area (Å²) < 4.78 is 7.41. The molecule has 166 valence electrons. The van der Waals surface area contributed by atoms with Crippen molar-refractivity contribution in [3.8, 4) is 0 Å². The second-order valence-electron chi connectivity index (χ2n) is 8.06. The number of halogens is 1. The molecule has 0 bridgehead atoms. The van der Waals surface area contributed by atoms with Gasteiger partial charge in [0.25, 0.3) is 5.91 Å². The van der Waals surface area contributed by atoms with E-state index >= 15 is 0 Å². The zero-order valence-corrected chi connectivity index (χ0v) is 19.0. The second kappa shape index (κ2) is 10.3. The number of carbonyl (C=O) groups is 1. The van der Waals surface area contributed by atoms with Gasteiger partial charge in [0.05, 0.1) is 17.7 Å². The van der Waals surface area contributed by atoms with Gasteiger partial charge in [-0.25, -0.2) is 0 Å². The molecule has 1 fully saturated rings. The topological polar surface area (TPSA) is 73.4 Å². The van der Waals surface area contributed by atoms with Crippen LogP contribution in [-0.2, 0) is 17.8 Å². The molecule has 3 aromatic rings. The standard InChI is InChI=1S/C24H30N4O2.ClH/c1-17-4-3-5-20-21(16-28(23(17)20)12-13-30-2)24(29)27-10-7-19(8-11-27)22-14-18(15-25)6-9-26-22;/h3-6,9,14,16,19H,7-8,10-13,15,25H2,1-2H3;1H. The Morgan fingerprint density at radius 2 is 2.03 bits per heavy atom. The average molecular weight is 443 g/mol. The Morgan fingerprint density at radius 1 is 1.26 bits per heavy atom. The highest BCUT2D eigenvalue weighted by Gasteiger charge is 2.27. The molecule has 1 aromatic carbocycles. The smallest absolute Gasteiger partial charge is 0.256 e. The summed E-state index contributed by atoms with van der Waals surface area (Å²) in [7, 11) is 1.70. The van der Waals surface area contributed by atoms with Crippen LogP contribution < -0.4 is 5.73 Å². The fraction of sp³-hybridized carbons (Fsp3) is 0.417. The van der Waals surface area contributed by atoms with E-state index in [1.165, 1.54) is 5.56 Å². The number of aromatic nitrogens is 2. The van der Waals surface area contributed by atoms with Crippen molar-refractivity contribution >= 4 is 29.2 Å². The van der Waals surface area contributed by atoms with Crippen LogP contribution in [0.1, 0.15) is 45.9 Å². The predicted octanol–water partition coefficient (Wildman–Crippen LogP) is 3.89. The highest BCUT2D eigenvalue weighted by Crippen LogP contribution is 2.30. The highest BCUT2D eigenvalue weighted by atomic mass is 35.5. The number of carbonyl (C=O) groups excluding carboxylic acids is 1. The molecule has 0 spiro atoms. The van der Waals surface area contributed by atoms with Crippen molar-refractivity contribution in [2.45, 2.75) is 38.8 Å². The van der Waals surface area contributed by atoms with Gasteiger partial charge in [0.15, 0.2) is 0 Å². The molecule has 1 aliphatic rings. The van der Waals surface area contributed by atoms with Gasteiger partial charge >= 0.3 is 0 Å². The number of amides is 1. The first-order valence-electron chi connectivity index (χ1n) is 10.6. The molecule has 2 N–H and O–H groups in total. The SMILES string of the molecule is COCCn1cc(C(=O)N2CCC(c3cc(CN)ccn3)CC2)c2cccc(C)c21.Cl. The van der Waals surface area contributed by atoms with Gasteiger partial charge in [-0.1, -0.05) is 18.2 Å². The number of methoxy groups -OCH3 is 1. The quantitative estimate of drug-likeness (QED) is 0.628. The number of ether oxygens (including phenoxy) is 1. The average Bonchev–Trinajstić information content (AvgIpc) is 3.17. The number of pyridine rings is 1. The van der Waals surface area contributed by atoms with E-state index in [0.717, 1.165) is 60.2 Å². The zero-order valence-electron chi connectivity index (χ0n) is 18.2. The van der Waals surface area contributed by atoms with Crippen LogP contribution in [0.2, 0.25) is 0 Å². The van der Waals surface area contributed by atoms with Gasteiger partial charge in [-0.05, 0) is 43.0 Å². The molecule has 0 unspecified atom stereocenters. The van der Waals surface area contributed by atoms with Crippen LogP contribution in [0.3, 0.4) is 0 Å². The number of likely N-dealkylation sites (tertiary alicyclic amines) is 1. The normalized spacial score (nSPS) is 14.6. The summed E-state index contributed by atoms with van der Waals surface area (Å²) in [5.41, 5.74) is 11.1. The molecule has 3 heterocycles. The molecule has 6 nitrogen and oxygen atoms in total. The van der Waals surface area contributed by atoms with E-state index in [4.69, 9.17) is 10.5 Å². The summed E-state index contributed by atoms with van der Waals surface area (Å²) in [6.07, 6.45) is 5.69. The second-order valence-corrected chi connectivity index (χ2v) is 8.06. The molecule has 4 rings (SSSR count). The van der Waals surface area contributed by atoms with Crippen LogP contribution in [-0.4, -0.2) is 47.2 Å². The van der Waals surface area contributed by atoms with E-state index in [9.17, 15) is 4.79 Å². The third kappa shape index (κ3) is 4.76. The van der Waals surface area contributed by atoms with Gasteiger partial charge in [-0.2, -0.15) is 0 Å². The van der Waals surface area contributed by atoms with E-state index < -0.39 is 0 Å². The summed E-state index contributed by atoms with van der Waals surface area (Å²) in [6, 6.07) is 10.2. The molecule has 31 heavy (non-hydrogen) atoms. The lowest BCUT2D eigenvalue weighted by molar-refractivity contribution is 0.0713. The third-order valence-corrected chi connectivity index (χ3v) is 6.15. The number of aryl methyl sites for hydroxylation is 1. The van der Waals surface area contributed by atoms with Crippen molar-refractivity contribution in [2.24, 2.45) is 5.73 Å². The Hall–Kier alpha value is -2.41. The van der Waals surface area contributed by atoms with Crippen molar-refractivity contribution in [1.29, 1.82) is 0 Å². The first-order chi connectivity index (χ1) is 14.6. The van der Waals surface area contributed by atoms with E-state index in [1.807, 2.05) is 35.5 Å². The lowest BCUT2D eigenvalue weighted by Crippen LogP contribution is -2.38. The molecule has 0 saturated carbocycles. The summed E-state index contributed by atoms with van der Waals surface area (Å²) in [6.45, 7) is 5.46. The van der Waals surface area contributed by atoms with E-state index in [2.05, 4.69) is 28.6 Å². The largest absolute Gasteiger partial charge is 0.383 e. The van der Waals surface area contributed by atoms with Gasteiger partial charge in [-0.3, -0.25) is 9.78 Å². The number of piperidine rings is 1. The fourth-order valence-electron chi connectivity index (χ4n) is 4.48. The molecular weight excluding hydrogens is 412 g/mol. The van der Waals surface area contributed by atoms with Crippen molar-refractivity contribution < 1.29 is 9.53 Å². The van der Waals surface area contributed by atoms with Crippen LogP contribution in [0.4, 0.5) is 0 Å². The van der Waals surface area contributed by atoms with Crippen molar-refractivity contribution in [2.75, 3.05) is 26.8 Å². The predicted molar refractivity (Wildman–Crippen MR) is 126 cm³/mol. The third-order valence-electron chi connectivity index (χ3n) is 6.15. The lowest BCUT2D eigenvalue weighted by atomic mass is 9.92. The maximum Gasteiger partial charge on any atom is 0.256 e. The summed E-state index contributed by atoms with van der Waals surface area (Å²) in [4.78, 5) is 19.9. The fourth-order valence-corrected chi connectivity index (χ4v) is 4.48. The monoisotopic (exact) mass is 442 g/mol. The number of hydrogen-bond acceptors (Lipinski definition) is 4. The molecule has 1 amide bonds. The van der Waals surface area contributed by atoms with Crippen LogP contribution >= 0.6 is 12.4 Å². The number of nitrogens with zero attached hydrogens (tertiary/aromatic N) is 3. The highest BCUT2D eigenvalue weighted by molar-refractivity contribution is 6.07. The molecule has 1 saturated heterocycles. The Labute approximate surface area is 189 Å². The number of benzene rings is 1. The van der Waals surface area contributed by atoms with Gasteiger partial charge in [0.1, 0.15) is 0 Å². The Balaban J connectivity index is 0.00000272. The number of hydrogen-bond donors (Lipinski definition) is 1. The minimum absolute atomic E-state index is 0. The van der Waals surface area contributed by atoms with Crippen molar-refractivity contribution in [3.05, 3.63) is 65.1 Å². The van der Waals surface area contributed by atoms with E-state index in [-0.39, 0.29) is 18.3 Å². The van der Waals surface area contributed by atoms with Crippen molar-refractivity contribution in [3.63, 3.8) is 0 Å². The molecule has 0 aliphatic carbocycles. The number of nitrogens with two attached hydrogens (primary N) is 1. The lowest BCUT2D eigenvalue weighted by Gasteiger charge is -2.31. The van der Waals surface area contributed by atoms with Crippen LogP contribution in [0, 0.1) is 6.92 Å². The number of fused-ring (bicyclic) bond motifs is 1. The van der Waals surface area contributed by atoms with Crippen LogP contribution in [0.5, 0.6) is 0 Å². The van der Waals surface area contributed by atoms with Gasteiger partial charge in [0, 0.05) is 62.7 Å². The van der Waals surface area contributed by atoms with Gasteiger partial charge in [0.2, 0.25) is 0 Å². The Kier molecular flexibility index (Phi) is 7.70. The summed E-state index contributed by atoms with van der Waals surface area (Å²) >= 11 is 0. The van der Waals surface area contributed by atoms with Gasteiger partial charge in [-0.15, -0.1) is 12.4 Å². The molecule has 0 radical (unpaired) electrons. The minimum atomic E-state index is 0. The molecular formula is C24H31ClN4O2.